The molecule has 0 radical (unpaired) electrons. The van der Waals surface area contributed by atoms with Gasteiger partial charge in [-0.1, -0.05) is 29.4 Å². The van der Waals surface area contributed by atoms with Crippen LogP contribution < -0.4 is 4.90 Å². The number of amides is 2. The largest absolute Gasteiger partial charge is 0.378 e. The van der Waals surface area contributed by atoms with Crippen LogP contribution in [0.4, 0.5) is 5.69 Å². The predicted molar refractivity (Wildman–Crippen MR) is 99.9 cm³/mol. The molecule has 1 aromatic carbocycles. The van der Waals surface area contributed by atoms with E-state index in [0.29, 0.717) is 21.7 Å². The quantitative estimate of drug-likeness (QED) is 0.559. The summed E-state index contributed by atoms with van der Waals surface area (Å²) >= 11 is 3.33. The van der Waals surface area contributed by atoms with E-state index in [2.05, 4.69) is 26.1 Å². The first-order valence-corrected chi connectivity index (χ1v) is 9.02. The molecular weight excluding hydrogens is 398 g/mol. The van der Waals surface area contributed by atoms with Crippen LogP contribution in [0.1, 0.15) is 29.7 Å². The van der Waals surface area contributed by atoms with E-state index in [4.69, 9.17) is 4.84 Å². The van der Waals surface area contributed by atoms with Gasteiger partial charge >= 0.3 is 0 Å². The van der Waals surface area contributed by atoms with Gasteiger partial charge in [0.05, 0.1) is 17.8 Å². The number of para-hydroxylation sites is 1. The highest BCUT2D eigenvalue weighted by Gasteiger charge is 2.58. The highest BCUT2D eigenvalue weighted by molar-refractivity contribution is 9.10. The van der Waals surface area contributed by atoms with Gasteiger partial charge in [-0.25, -0.2) is 9.88 Å². The zero-order valence-electron chi connectivity index (χ0n) is 14.3. The number of anilines is 1. The molecule has 2 aliphatic rings. The second-order valence-electron chi connectivity index (χ2n) is 6.60. The fraction of sp³-hybridized carbons (Fsp3) is 0.263. The average Bonchev–Trinajstić information content (AvgIpc) is 3.12. The molecule has 0 N–H and O–H groups in total. The van der Waals surface area contributed by atoms with Crippen LogP contribution in [-0.4, -0.2) is 28.1 Å². The Morgan fingerprint density at radius 2 is 1.77 bits per heavy atom. The third-order valence-electron chi connectivity index (χ3n) is 4.74. The maximum Gasteiger partial charge on any atom is 0.281 e. The number of halogens is 1. The molecule has 3 heterocycles. The Morgan fingerprint density at radius 3 is 2.46 bits per heavy atom. The van der Waals surface area contributed by atoms with Crippen LogP contribution in [0, 0.1) is 13.8 Å². The minimum Gasteiger partial charge on any atom is -0.378 e. The van der Waals surface area contributed by atoms with Gasteiger partial charge in [0, 0.05) is 6.42 Å². The molecule has 4 rings (SSSR count). The molecule has 7 heteroatoms. The van der Waals surface area contributed by atoms with Crippen LogP contribution in [0.2, 0.25) is 0 Å². The molecule has 1 saturated heterocycles. The van der Waals surface area contributed by atoms with Crippen molar-refractivity contribution < 1.29 is 14.4 Å². The molecular formula is C19H16BrN3O3. The lowest BCUT2D eigenvalue weighted by molar-refractivity contribution is -0.136. The number of aromatic nitrogens is 1. The van der Waals surface area contributed by atoms with Crippen molar-refractivity contribution >= 4 is 39.1 Å². The maximum absolute atomic E-state index is 13.2. The first-order valence-electron chi connectivity index (χ1n) is 8.23. The minimum absolute atomic E-state index is 0.0272. The van der Waals surface area contributed by atoms with Crippen LogP contribution in [-0.2, 0) is 14.4 Å². The second-order valence-corrected chi connectivity index (χ2v) is 7.41. The lowest BCUT2D eigenvalue weighted by atomic mass is 9.94. The zero-order chi connectivity index (χ0) is 18.5. The Morgan fingerprint density at radius 1 is 1.08 bits per heavy atom. The van der Waals surface area contributed by atoms with Crippen molar-refractivity contribution in [2.45, 2.75) is 32.3 Å². The number of pyridine rings is 1. The number of nitrogens with zero attached hydrogens (tertiary/aromatic N) is 3. The smallest absolute Gasteiger partial charge is 0.281 e. The van der Waals surface area contributed by atoms with Crippen LogP contribution in [0.15, 0.2) is 46.2 Å². The lowest BCUT2D eigenvalue weighted by Gasteiger charge is -2.22. The van der Waals surface area contributed by atoms with E-state index in [1.807, 2.05) is 44.2 Å². The Labute approximate surface area is 159 Å². The molecule has 0 aliphatic carbocycles. The standard InChI is InChI=1S/C19H16BrN3O3/c1-11-5-3-6-12(2)17(11)23-16(24)10-19(18(23)25)9-14(22-26-19)13-7-4-8-15(20)21-13/h3-8H,9-10H2,1-2H3/t19-/m1/s1. The third kappa shape index (κ3) is 2.54. The van der Waals surface area contributed by atoms with Crippen LogP contribution >= 0.6 is 15.9 Å². The number of aryl methyl sites for hydroxylation is 2. The van der Waals surface area contributed by atoms with Gasteiger partial charge in [-0.15, -0.1) is 0 Å². The monoisotopic (exact) mass is 413 g/mol. The Bertz CT molecular complexity index is 952. The van der Waals surface area contributed by atoms with Crippen molar-refractivity contribution in [3.63, 3.8) is 0 Å². The van der Waals surface area contributed by atoms with Gasteiger partial charge in [0.1, 0.15) is 10.3 Å². The van der Waals surface area contributed by atoms with E-state index in [0.717, 1.165) is 11.1 Å². The molecule has 1 spiro atoms. The van der Waals surface area contributed by atoms with Crippen molar-refractivity contribution in [3.05, 3.63) is 57.8 Å². The van der Waals surface area contributed by atoms with Gasteiger partial charge in [0.25, 0.3) is 5.91 Å². The molecule has 1 aromatic heterocycles. The summed E-state index contributed by atoms with van der Waals surface area (Å²) in [6.07, 6.45) is 0.197. The van der Waals surface area contributed by atoms with E-state index in [1.165, 1.54) is 4.90 Å². The summed E-state index contributed by atoms with van der Waals surface area (Å²) in [6.45, 7) is 3.77. The Balaban J connectivity index is 1.67. The van der Waals surface area contributed by atoms with Crippen molar-refractivity contribution in [1.82, 2.24) is 4.98 Å². The molecule has 0 saturated carbocycles. The molecule has 1 fully saturated rings. The summed E-state index contributed by atoms with van der Waals surface area (Å²) in [5.74, 6) is -0.639. The van der Waals surface area contributed by atoms with E-state index >= 15 is 0 Å². The Kier molecular flexibility index (Phi) is 3.91. The van der Waals surface area contributed by atoms with Crippen LogP contribution in [0.25, 0.3) is 0 Å². The second kappa shape index (κ2) is 6.02. The molecule has 0 bridgehead atoms. The molecule has 6 nitrogen and oxygen atoms in total. The highest BCUT2D eigenvalue weighted by Crippen LogP contribution is 2.40. The van der Waals surface area contributed by atoms with Crippen molar-refractivity contribution in [2.75, 3.05) is 4.90 Å². The number of imide groups is 1. The highest BCUT2D eigenvalue weighted by atomic mass is 79.9. The topological polar surface area (TPSA) is 71.9 Å². The van der Waals surface area contributed by atoms with Gasteiger partial charge in [-0.05, 0) is 53.0 Å². The van der Waals surface area contributed by atoms with Gasteiger partial charge in [-0.2, -0.15) is 0 Å². The number of rotatable bonds is 2. The minimum atomic E-state index is -1.27. The summed E-state index contributed by atoms with van der Waals surface area (Å²) in [6, 6.07) is 11.1. The molecule has 0 unspecified atom stereocenters. The number of benzene rings is 1. The number of hydrogen-bond donors (Lipinski definition) is 0. The van der Waals surface area contributed by atoms with Gasteiger partial charge in [0.2, 0.25) is 11.5 Å². The summed E-state index contributed by atoms with van der Waals surface area (Å²) in [5, 5.41) is 4.07. The maximum atomic E-state index is 13.2. The Hall–Kier alpha value is -2.54. The van der Waals surface area contributed by atoms with Crippen LogP contribution in [0.5, 0.6) is 0 Å². The number of oxime groups is 1. The summed E-state index contributed by atoms with van der Waals surface area (Å²) < 4.78 is 0.671. The summed E-state index contributed by atoms with van der Waals surface area (Å²) in [4.78, 5) is 37.0. The zero-order valence-corrected chi connectivity index (χ0v) is 15.9. The third-order valence-corrected chi connectivity index (χ3v) is 5.18. The van der Waals surface area contributed by atoms with E-state index in [-0.39, 0.29) is 24.7 Å². The SMILES string of the molecule is Cc1cccc(C)c1N1C(=O)C[C@]2(CC(c3cccc(Br)n3)=NO2)C1=O. The van der Waals surface area contributed by atoms with E-state index < -0.39 is 5.60 Å². The van der Waals surface area contributed by atoms with Crippen molar-refractivity contribution in [2.24, 2.45) is 5.16 Å². The molecule has 2 amide bonds. The average molecular weight is 414 g/mol. The number of carbonyl (C=O) groups is 2. The van der Waals surface area contributed by atoms with Gasteiger partial charge in [0.15, 0.2) is 0 Å². The molecule has 2 aromatic rings. The number of carbonyl (C=O) groups excluding carboxylic acids is 2. The van der Waals surface area contributed by atoms with Crippen molar-refractivity contribution in [1.29, 1.82) is 0 Å². The summed E-state index contributed by atoms with van der Waals surface area (Å²) in [7, 11) is 0. The van der Waals surface area contributed by atoms with Gasteiger partial charge in [-0.3, -0.25) is 9.59 Å². The van der Waals surface area contributed by atoms with E-state index in [1.54, 1.807) is 6.07 Å². The summed E-state index contributed by atoms with van der Waals surface area (Å²) in [5.41, 5.74) is 2.30. The van der Waals surface area contributed by atoms with Crippen molar-refractivity contribution in [3.8, 4) is 0 Å². The fourth-order valence-electron chi connectivity index (χ4n) is 3.49. The fourth-order valence-corrected chi connectivity index (χ4v) is 3.84. The lowest BCUT2D eigenvalue weighted by Crippen LogP contribution is -2.41. The molecule has 26 heavy (non-hydrogen) atoms. The first-order chi connectivity index (χ1) is 12.4. The molecule has 1 atom stereocenters. The van der Waals surface area contributed by atoms with E-state index in [9.17, 15) is 9.59 Å². The van der Waals surface area contributed by atoms with Gasteiger partial charge < -0.3 is 4.84 Å². The molecule has 132 valence electrons. The first kappa shape index (κ1) is 16.9. The number of hydrogen-bond acceptors (Lipinski definition) is 5. The normalized spacial score (nSPS) is 22.1. The predicted octanol–water partition coefficient (Wildman–Crippen LogP) is 3.29. The van der Waals surface area contributed by atoms with Crippen LogP contribution in [0.3, 0.4) is 0 Å². The molecule has 2 aliphatic heterocycles.